The molecule has 21 heavy (non-hydrogen) atoms. The second kappa shape index (κ2) is 6.69. The summed E-state index contributed by atoms with van der Waals surface area (Å²) in [5.74, 6) is -0.128. The van der Waals surface area contributed by atoms with E-state index in [2.05, 4.69) is 15.5 Å². The van der Waals surface area contributed by atoms with E-state index in [1.165, 1.54) is 6.92 Å². The van der Waals surface area contributed by atoms with Crippen LogP contribution in [-0.4, -0.2) is 34.0 Å². The van der Waals surface area contributed by atoms with Crippen molar-refractivity contribution in [1.29, 1.82) is 0 Å². The highest BCUT2D eigenvalue weighted by molar-refractivity contribution is 5.94. The summed E-state index contributed by atoms with van der Waals surface area (Å²) in [5.41, 5.74) is 2.53. The van der Waals surface area contributed by atoms with Crippen molar-refractivity contribution in [3.63, 3.8) is 0 Å². The molecule has 6 nitrogen and oxygen atoms in total. The molecule has 0 saturated carbocycles. The Kier molecular flexibility index (Phi) is 4.71. The van der Waals surface area contributed by atoms with Crippen molar-refractivity contribution in [2.24, 2.45) is 0 Å². The number of hydrogen-bond acceptors (Lipinski definition) is 3. The van der Waals surface area contributed by atoms with Gasteiger partial charge in [-0.2, -0.15) is 5.10 Å². The number of nitrogens with zero attached hydrogens (tertiary/aromatic N) is 2. The summed E-state index contributed by atoms with van der Waals surface area (Å²) in [7, 11) is 1.75. The number of nitrogens with one attached hydrogen (secondary N) is 2. The van der Waals surface area contributed by atoms with E-state index in [0.29, 0.717) is 18.7 Å². The summed E-state index contributed by atoms with van der Waals surface area (Å²) >= 11 is 0. The lowest BCUT2D eigenvalue weighted by Gasteiger charge is -2.16. The van der Waals surface area contributed by atoms with Crippen LogP contribution in [0, 0.1) is 0 Å². The van der Waals surface area contributed by atoms with Crippen molar-refractivity contribution in [3.8, 4) is 0 Å². The fourth-order valence-electron chi connectivity index (χ4n) is 1.92. The quantitative estimate of drug-likeness (QED) is 0.870. The van der Waals surface area contributed by atoms with Gasteiger partial charge < -0.3 is 10.2 Å². The molecule has 0 saturated heterocycles. The number of aromatic nitrogens is 2. The van der Waals surface area contributed by atoms with Crippen LogP contribution in [0.25, 0.3) is 0 Å². The van der Waals surface area contributed by atoms with Gasteiger partial charge in [0.1, 0.15) is 0 Å². The van der Waals surface area contributed by atoms with E-state index in [0.717, 1.165) is 11.1 Å². The van der Waals surface area contributed by atoms with E-state index in [4.69, 9.17) is 0 Å². The predicted molar refractivity (Wildman–Crippen MR) is 78.3 cm³/mol. The lowest BCUT2D eigenvalue weighted by Crippen LogP contribution is -2.26. The smallest absolute Gasteiger partial charge is 0.253 e. The molecule has 0 aliphatic heterocycles. The van der Waals surface area contributed by atoms with Crippen LogP contribution in [0.5, 0.6) is 0 Å². The summed E-state index contributed by atoms with van der Waals surface area (Å²) in [6.07, 6.45) is 3.46. The normalized spacial score (nSPS) is 10.2. The van der Waals surface area contributed by atoms with Crippen LogP contribution < -0.4 is 5.32 Å². The van der Waals surface area contributed by atoms with Gasteiger partial charge in [-0.3, -0.25) is 14.7 Å². The molecule has 2 aromatic rings. The Morgan fingerprint density at radius 3 is 2.52 bits per heavy atom. The third kappa shape index (κ3) is 4.17. The molecule has 6 heteroatoms. The number of rotatable bonds is 5. The molecule has 2 rings (SSSR count). The Hall–Kier alpha value is -2.63. The average Bonchev–Trinajstić information content (AvgIpc) is 2.97. The van der Waals surface area contributed by atoms with Crippen molar-refractivity contribution < 1.29 is 9.59 Å². The van der Waals surface area contributed by atoms with E-state index >= 15 is 0 Å². The van der Waals surface area contributed by atoms with Gasteiger partial charge in [0.25, 0.3) is 5.91 Å². The number of amides is 2. The van der Waals surface area contributed by atoms with Gasteiger partial charge in [-0.25, -0.2) is 0 Å². The van der Waals surface area contributed by atoms with Crippen LogP contribution in [0.1, 0.15) is 28.4 Å². The minimum Gasteiger partial charge on any atom is -0.352 e. The molecule has 110 valence electrons. The Morgan fingerprint density at radius 1 is 1.24 bits per heavy atom. The van der Waals surface area contributed by atoms with Crippen LogP contribution >= 0.6 is 0 Å². The molecule has 0 aliphatic carbocycles. The molecule has 0 bridgehead atoms. The van der Waals surface area contributed by atoms with Gasteiger partial charge in [0.05, 0.1) is 6.20 Å². The highest BCUT2D eigenvalue weighted by Crippen LogP contribution is 2.09. The summed E-state index contributed by atoms with van der Waals surface area (Å²) in [5, 5.41) is 9.30. The fraction of sp³-hybridized carbons (Fsp3) is 0.267. The lowest BCUT2D eigenvalue weighted by atomic mass is 10.1. The predicted octanol–water partition coefficient (Wildman–Crippen LogP) is 1.32. The first-order valence-corrected chi connectivity index (χ1v) is 6.63. The summed E-state index contributed by atoms with van der Waals surface area (Å²) in [6.45, 7) is 2.44. The second-order valence-electron chi connectivity index (χ2n) is 4.87. The summed E-state index contributed by atoms with van der Waals surface area (Å²) in [6, 6.07) is 7.22. The molecule has 2 amide bonds. The van der Waals surface area contributed by atoms with Crippen molar-refractivity contribution in [2.45, 2.75) is 20.0 Å². The molecule has 0 unspecified atom stereocenters. The Morgan fingerprint density at radius 2 is 1.95 bits per heavy atom. The summed E-state index contributed by atoms with van der Waals surface area (Å²) in [4.78, 5) is 24.8. The summed E-state index contributed by atoms with van der Waals surface area (Å²) < 4.78 is 0. The van der Waals surface area contributed by atoms with Crippen molar-refractivity contribution >= 4 is 11.8 Å². The van der Waals surface area contributed by atoms with E-state index in [1.807, 2.05) is 12.1 Å². The van der Waals surface area contributed by atoms with Crippen LogP contribution in [0.4, 0.5) is 0 Å². The molecular formula is C15H18N4O2. The first-order valence-electron chi connectivity index (χ1n) is 6.63. The van der Waals surface area contributed by atoms with Crippen molar-refractivity contribution in [3.05, 3.63) is 53.3 Å². The number of carbonyl (C=O) groups is 2. The zero-order chi connectivity index (χ0) is 15.2. The van der Waals surface area contributed by atoms with Gasteiger partial charge in [0.15, 0.2) is 0 Å². The zero-order valence-corrected chi connectivity index (χ0v) is 12.1. The third-order valence-corrected chi connectivity index (χ3v) is 3.06. The molecule has 0 fully saturated rings. The molecule has 0 aliphatic rings. The maximum Gasteiger partial charge on any atom is 0.253 e. The van der Waals surface area contributed by atoms with E-state index in [-0.39, 0.29) is 11.8 Å². The van der Waals surface area contributed by atoms with Gasteiger partial charge >= 0.3 is 0 Å². The molecule has 0 spiro atoms. The average molecular weight is 286 g/mol. The molecule has 1 aromatic carbocycles. The van der Waals surface area contributed by atoms with Gasteiger partial charge in [-0.15, -0.1) is 0 Å². The SMILES string of the molecule is CC(=O)NCc1ccc(C(=O)N(C)Cc2cn[nH]c2)cc1. The van der Waals surface area contributed by atoms with E-state index in [1.54, 1.807) is 36.5 Å². The number of hydrogen-bond donors (Lipinski definition) is 2. The molecule has 0 radical (unpaired) electrons. The Balaban J connectivity index is 1.97. The van der Waals surface area contributed by atoms with Crippen LogP contribution in [-0.2, 0) is 17.9 Å². The largest absolute Gasteiger partial charge is 0.352 e. The van der Waals surface area contributed by atoms with Gasteiger partial charge in [0.2, 0.25) is 5.91 Å². The van der Waals surface area contributed by atoms with Crippen LogP contribution in [0.2, 0.25) is 0 Å². The first kappa shape index (κ1) is 14.8. The number of carbonyl (C=O) groups excluding carboxylic acids is 2. The number of benzene rings is 1. The van der Waals surface area contributed by atoms with Crippen LogP contribution in [0.3, 0.4) is 0 Å². The second-order valence-corrected chi connectivity index (χ2v) is 4.87. The molecule has 1 heterocycles. The zero-order valence-electron chi connectivity index (χ0n) is 12.1. The maximum atomic E-state index is 12.3. The molecular weight excluding hydrogens is 268 g/mol. The van der Waals surface area contributed by atoms with Gasteiger partial charge in [0, 0.05) is 44.4 Å². The fourth-order valence-corrected chi connectivity index (χ4v) is 1.92. The Labute approximate surface area is 123 Å². The topological polar surface area (TPSA) is 78.1 Å². The number of aromatic amines is 1. The van der Waals surface area contributed by atoms with E-state index in [9.17, 15) is 9.59 Å². The number of H-pyrrole nitrogens is 1. The van der Waals surface area contributed by atoms with Gasteiger partial charge in [-0.05, 0) is 17.7 Å². The lowest BCUT2D eigenvalue weighted by molar-refractivity contribution is -0.119. The van der Waals surface area contributed by atoms with Crippen LogP contribution in [0.15, 0.2) is 36.7 Å². The minimum atomic E-state index is -0.0741. The van der Waals surface area contributed by atoms with Gasteiger partial charge in [-0.1, -0.05) is 12.1 Å². The van der Waals surface area contributed by atoms with E-state index < -0.39 is 0 Å². The van der Waals surface area contributed by atoms with Crippen molar-refractivity contribution in [1.82, 2.24) is 20.4 Å². The molecule has 1 aromatic heterocycles. The monoisotopic (exact) mass is 286 g/mol. The maximum absolute atomic E-state index is 12.3. The molecule has 2 N–H and O–H groups in total. The minimum absolute atomic E-state index is 0.0534. The third-order valence-electron chi connectivity index (χ3n) is 3.06. The highest BCUT2D eigenvalue weighted by Gasteiger charge is 2.12. The van der Waals surface area contributed by atoms with Crippen molar-refractivity contribution in [2.75, 3.05) is 7.05 Å². The standard InChI is InChI=1S/C15H18N4O2/c1-11(20)16-7-12-3-5-14(6-4-12)15(21)19(2)10-13-8-17-18-9-13/h3-6,8-9H,7,10H2,1-2H3,(H,16,20)(H,17,18). The Bertz CT molecular complexity index is 605. The first-order chi connectivity index (χ1) is 10.1. The molecule has 0 atom stereocenters. The highest BCUT2D eigenvalue weighted by atomic mass is 16.2.